The molecule has 14 heavy (non-hydrogen) atoms. The number of carboxylic acid groups (broad SMARTS) is 1. The molecule has 1 heterocycles. The average molecular weight is 196 g/mol. The third kappa shape index (κ3) is 1.64. The molecule has 2 rings (SSSR count). The van der Waals surface area contributed by atoms with E-state index in [9.17, 15) is 9.59 Å². The summed E-state index contributed by atoms with van der Waals surface area (Å²) in [6, 6.07) is 0. The van der Waals surface area contributed by atoms with Crippen LogP contribution in [0.15, 0.2) is 12.2 Å². The van der Waals surface area contributed by atoms with E-state index in [4.69, 9.17) is 9.84 Å². The Balaban J connectivity index is 1.92. The van der Waals surface area contributed by atoms with Crippen LogP contribution in [-0.2, 0) is 14.3 Å². The monoisotopic (exact) mass is 196 g/mol. The first-order valence-electron chi connectivity index (χ1n) is 4.76. The van der Waals surface area contributed by atoms with Crippen LogP contribution < -0.4 is 0 Å². The number of esters is 1. The summed E-state index contributed by atoms with van der Waals surface area (Å²) < 4.78 is 5.05. The van der Waals surface area contributed by atoms with Gasteiger partial charge < -0.3 is 9.84 Å². The van der Waals surface area contributed by atoms with E-state index in [0.717, 1.165) is 0 Å². The fourth-order valence-corrected chi connectivity index (χ4v) is 2.17. The maximum atomic E-state index is 11.0. The number of rotatable bonds is 3. The lowest BCUT2D eigenvalue weighted by Gasteiger charge is -2.14. The van der Waals surface area contributed by atoms with Gasteiger partial charge in [0.05, 0.1) is 6.42 Å². The molecular weight excluding hydrogens is 184 g/mol. The lowest BCUT2D eigenvalue weighted by molar-refractivity contribution is -0.140. The van der Waals surface area contributed by atoms with E-state index in [1.807, 2.05) is 12.2 Å². The molecule has 0 aromatic heterocycles. The molecule has 1 fully saturated rings. The van der Waals surface area contributed by atoms with E-state index in [0.29, 0.717) is 12.8 Å². The van der Waals surface area contributed by atoms with Crippen LogP contribution in [0.25, 0.3) is 0 Å². The summed E-state index contributed by atoms with van der Waals surface area (Å²) in [5.41, 5.74) is 0. The molecule has 1 N–H and O–H groups in total. The van der Waals surface area contributed by atoms with E-state index in [1.54, 1.807) is 0 Å². The molecule has 3 unspecified atom stereocenters. The Morgan fingerprint density at radius 2 is 2.36 bits per heavy atom. The van der Waals surface area contributed by atoms with E-state index in [2.05, 4.69) is 0 Å². The minimum Gasteiger partial charge on any atom is -0.481 e. The molecule has 0 saturated carbocycles. The molecule has 0 bridgehead atoms. The highest BCUT2D eigenvalue weighted by molar-refractivity contribution is 5.73. The van der Waals surface area contributed by atoms with Crippen molar-refractivity contribution in [3.8, 4) is 0 Å². The van der Waals surface area contributed by atoms with Gasteiger partial charge in [-0.25, -0.2) is 0 Å². The standard InChI is InChI=1S/C10H12O4/c11-9(12)4-2-6-1-3-8-7(6)5-10(13)14-8/h1,3,6-8H,2,4-5H2,(H,11,12). The van der Waals surface area contributed by atoms with E-state index in [1.165, 1.54) is 0 Å². The lowest BCUT2D eigenvalue weighted by Crippen LogP contribution is -2.15. The van der Waals surface area contributed by atoms with E-state index in [-0.39, 0.29) is 30.3 Å². The molecule has 0 aromatic carbocycles. The van der Waals surface area contributed by atoms with Crippen LogP contribution in [0.3, 0.4) is 0 Å². The third-order valence-corrected chi connectivity index (χ3v) is 2.88. The Kier molecular flexibility index (Phi) is 2.27. The highest BCUT2D eigenvalue weighted by Gasteiger charge is 2.41. The molecule has 1 aliphatic carbocycles. The fraction of sp³-hybridized carbons (Fsp3) is 0.600. The second-order valence-electron chi connectivity index (χ2n) is 3.80. The van der Waals surface area contributed by atoms with Crippen molar-refractivity contribution in [3.05, 3.63) is 12.2 Å². The number of carboxylic acids is 1. The number of allylic oxidation sites excluding steroid dienone is 1. The van der Waals surface area contributed by atoms with E-state index < -0.39 is 5.97 Å². The predicted octanol–water partition coefficient (Wildman–Crippen LogP) is 0.969. The Hall–Kier alpha value is -1.32. The van der Waals surface area contributed by atoms with Crippen LogP contribution in [0.5, 0.6) is 0 Å². The molecule has 0 radical (unpaired) electrons. The molecule has 1 saturated heterocycles. The van der Waals surface area contributed by atoms with Crippen molar-refractivity contribution in [2.75, 3.05) is 0 Å². The SMILES string of the molecule is O=C(O)CCC1C=CC2OC(=O)CC12. The summed E-state index contributed by atoms with van der Waals surface area (Å²) >= 11 is 0. The number of aliphatic carboxylic acids is 1. The fourth-order valence-electron chi connectivity index (χ4n) is 2.17. The minimum absolute atomic E-state index is 0.0960. The molecule has 4 nitrogen and oxygen atoms in total. The molecule has 1 aliphatic heterocycles. The summed E-state index contributed by atoms with van der Waals surface area (Å²) in [6.07, 6.45) is 4.95. The molecule has 4 heteroatoms. The zero-order valence-corrected chi connectivity index (χ0v) is 7.68. The van der Waals surface area contributed by atoms with Gasteiger partial charge in [-0.15, -0.1) is 0 Å². The Morgan fingerprint density at radius 3 is 3.07 bits per heavy atom. The smallest absolute Gasteiger partial charge is 0.306 e. The number of hydrogen-bond acceptors (Lipinski definition) is 3. The van der Waals surface area contributed by atoms with Crippen LogP contribution >= 0.6 is 0 Å². The van der Waals surface area contributed by atoms with Crippen LogP contribution in [0.4, 0.5) is 0 Å². The zero-order chi connectivity index (χ0) is 10.1. The summed E-state index contributed by atoms with van der Waals surface area (Å²) in [6.45, 7) is 0. The maximum Gasteiger partial charge on any atom is 0.306 e. The highest BCUT2D eigenvalue weighted by Crippen LogP contribution is 2.38. The molecule has 2 aliphatic rings. The van der Waals surface area contributed by atoms with Gasteiger partial charge in [-0.1, -0.05) is 6.08 Å². The second kappa shape index (κ2) is 3.44. The largest absolute Gasteiger partial charge is 0.481 e. The average Bonchev–Trinajstić information content (AvgIpc) is 2.60. The van der Waals surface area contributed by atoms with Gasteiger partial charge in [0.1, 0.15) is 6.10 Å². The Bertz CT molecular complexity index is 294. The van der Waals surface area contributed by atoms with Gasteiger partial charge in [-0.3, -0.25) is 9.59 Å². The Labute approximate surface area is 81.6 Å². The first kappa shape index (κ1) is 9.24. The van der Waals surface area contributed by atoms with Crippen molar-refractivity contribution in [2.24, 2.45) is 11.8 Å². The lowest BCUT2D eigenvalue weighted by atomic mass is 9.89. The number of ether oxygens (including phenoxy) is 1. The van der Waals surface area contributed by atoms with E-state index >= 15 is 0 Å². The van der Waals surface area contributed by atoms with Crippen LogP contribution in [0.2, 0.25) is 0 Å². The minimum atomic E-state index is -0.785. The summed E-state index contributed by atoms with van der Waals surface area (Å²) in [5.74, 6) is -0.568. The molecule has 0 aromatic rings. The maximum absolute atomic E-state index is 11.0. The van der Waals surface area contributed by atoms with Crippen LogP contribution in [0.1, 0.15) is 19.3 Å². The van der Waals surface area contributed by atoms with Crippen molar-refractivity contribution in [1.82, 2.24) is 0 Å². The van der Waals surface area contributed by atoms with Gasteiger partial charge >= 0.3 is 11.9 Å². The molecule has 3 atom stereocenters. The highest BCUT2D eigenvalue weighted by atomic mass is 16.5. The van der Waals surface area contributed by atoms with Gasteiger partial charge in [0.25, 0.3) is 0 Å². The van der Waals surface area contributed by atoms with Gasteiger partial charge in [0.15, 0.2) is 0 Å². The topological polar surface area (TPSA) is 63.6 Å². The summed E-state index contributed by atoms with van der Waals surface area (Å²) in [4.78, 5) is 21.4. The first-order valence-corrected chi connectivity index (χ1v) is 4.76. The van der Waals surface area contributed by atoms with Crippen molar-refractivity contribution >= 4 is 11.9 Å². The third-order valence-electron chi connectivity index (χ3n) is 2.88. The van der Waals surface area contributed by atoms with Crippen LogP contribution in [-0.4, -0.2) is 23.1 Å². The molecule has 0 spiro atoms. The van der Waals surface area contributed by atoms with Crippen LogP contribution in [0, 0.1) is 11.8 Å². The summed E-state index contributed by atoms with van der Waals surface area (Å²) in [5, 5.41) is 8.54. The van der Waals surface area contributed by atoms with Crippen molar-refractivity contribution < 1.29 is 19.4 Å². The second-order valence-corrected chi connectivity index (χ2v) is 3.80. The normalized spacial score (nSPS) is 34.3. The quantitative estimate of drug-likeness (QED) is 0.539. The number of carbonyl (C=O) groups excluding carboxylic acids is 1. The number of fused-ring (bicyclic) bond motifs is 1. The molecule has 0 amide bonds. The predicted molar refractivity (Wildman–Crippen MR) is 47.5 cm³/mol. The van der Waals surface area contributed by atoms with Gasteiger partial charge in [-0.2, -0.15) is 0 Å². The number of carbonyl (C=O) groups is 2. The van der Waals surface area contributed by atoms with Crippen molar-refractivity contribution in [3.63, 3.8) is 0 Å². The zero-order valence-electron chi connectivity index (χ0n) is 7.68. The Morgan fingerprint density at radius 1 is 1.57 bits per heavy atom. The molecule has 76 valence electrons. The summed E-state index contributed by atoms with van der Waals surface area (Å²) in [7, 11) is 0. The van der Waals surface area contributed by atoms with Gasteiger partial charge in [-0.05, 0) is 18.4 Å². The van der Waals surface area contributed by atoms with Gasteiger partial charge in [0.2, 0.25) is 0 Å². The molecular formula is C10H12O4. The van der Waals surface area contributed by atoms with Crippen molar-refractivity contribution in [2.45, 2.75) is 25.4 Å². The van der Waals surface area contributed by atoms with Crippen molar-refractivity contribution in [1.29, 1.82) is 0 Å². The van der Waals surface area contributed by atoms with Gasteiger partial charge in [0, 0.05) is 12.3 Å². The number of hydrogen-bond donors (Lipinski definition) is 1. The first-order chi connectivity index (χ1) is 6.66.